The van der Waals surface area contributed by atoms with E-state index in [1.807, 2.05) is 44.2 Å². The van der Waals surface area contributed by atoms with Gasteiger partial charge >= 0.3 is 0 Å². The summed E-state index contributed by atoms with van der Waals surface area (Å²) in [5, 5.41) is 0. The Kier molecular flexibility index (Phi) is 7.64. The van der Waals surface area contributed by atoms with Crippen LogP contribution in [0.5, 0.6) is 11.5 Å². The number of halogens is 1. The minimum atomic E-state index is -0.115. The molecule has 34 heavy (non-hydrogen) atoms. The monoisotopic (exact) mass is 601 g/mol. The van der Waals surface area contributed by atoms with Crippen LogP contribution in [0.2, 0.25) is 0 Å². The number of nitrogens with zero attached hydrogens (tertiary/aromatic N) is 1. The third kappa shape index (κ3) is 5.31. The fourth-order valence-corrected chi connectivity index (χ4v) is 5.75. The van der Waals surface area contributed by atoms with E-state index < -0.39 is 0 Å². The number of thioether (sulfide) groups is 1. The molecule has 1 heterocycles. The van der Waals surface area contributed by atoms with Crippen molar-refractivity contribution in [1.82, 2.24) is 0 Å². The number of benzene rings is 3. The van der Waals surface area contributed by atoms with Gasteiger partial charge in [-0.05, 0) is 84.3 Å². The predicted octanol–water partition coefficient (Wildman–Crippen LogP) is 7.21. The van der Waals surface area contributed by atoms with Crippen molar-refractivity contribution in [2.24, 2.45) is 0 Å². The van der Waals surface area contributed by atoms with Gasteiger partial charge in [0.25, 0.3) is 5.91 Å². The molecule has 3 aromatic carbocycles. The van der Waals surface area contributed by atoms with Gasteiger partial charge in [-0.3, -0.25) is 9.69 Å². The van der Waals surface area contributed by atoms with Crippen molar-refractivity contribution in [3.05, 3.63) is 90.9 Å². The lowest BCUT2D eigenvalue weighted by Crippen LogP contribution is -2.28. The number of rotatable bonds is 6. The molecule has 0 aromatic heterocycles. The zero-order valence-corrected chi connectivity index (χ0v) is 23.1. The summed E-state index contributed by atoms with van der Waals surface area (Å²) in [5.41, 5.74) is 6.14. The average Bonchev–Trinajstić information content (AvgIpc) is 3.06. The first kappa shape index (κ1) is 24.8. The Morgan fingerprint density at radius 3 is 2.41 bits per heavy atom. The zero-order valence-electron chi connectivity index (χ0n) is 19.3. The van der Waals surface area contributed by atoms with Crippen molar-refractivity contribution in [2.45, 2.75) is 27.4 Å². The number of hydrogen-bond acceptors (Lipinski definition) is 5. The van der Waals surface area contributed by atoms with E-state index in [1.54, 1.807) is 12.0 Å². The summed E-state index contributed by atoms with van der Waals surface area (Å²) in [5.74, 6) is 1.19. The lowest BCUT2D eigenvalue weighted by atomic mass is 10.1. The molecule has 0 saturated carbocycles. The Labute approximate surface area is 223 Å². The van der Waals surface area contributed by atoms with E-state index >= 15 is 0 Å². The fraction of sp³-hybridized carbons (Fsp3) is 0.185. The second-order valence-corrected chi connectivity index (χ2v) is 11.0. The highest BCUT2D eigenvalue weighted by atomic mass is 127. The molecule has 0 N–H and O–H groups in total. The van der Waals surface area contributed by atoms with Gasteiger partial charge in [0.1, 0.15) is 6.61 Å². The molecule has 3 aromatic rings. The largest absolute Gasteiger partial charge is 0.493 e. The molecule has 4 rings (SSSR count). The quantitative estimate of drug-likeness (QED) is 0.170. The van der Waals surface area contributed by atoms with Gasteiger partial charge in [0.05, 0.1) is 21.3 Å². The second kappa shape index (κ2) is 10.5. The van der Waals surface area contributed by atoms with Crippen molar-refractivity contribution < 1.29 is 14.3 Å². The topological polar surface area (TPSA) is 38.8 Å². The highest BCUT2D eigenvalue weighted by Gasteiger charge is 2.34. The maximum Gasteiger partial charge on any atom is 0.270 e. The fourth-order valence-electron chi connectivity index (χ4n) is 3.69. The lowest BCUT2D eigenvalue weighted by molar-refractivity contribution is -0.113. The van der Waals surface area contributed by atoms with E-state index in [9.17, 15) is 4.79 Å². The molecule has 0 aliphatic carbocycles. The van der Waals surface area contributed by atoms with Crippen LogP contribution in [0.1, 0.15) is 27.8 Å². The molecule has 1 aliphatic rings. The minimum absolute atomic E-state index is 0.115. The van der Waals surface area contributed by atoms with Crippen LogP contribution in [0.3, 0.4) is 0 Å². The maximum absolute atomic E-state index is 13.2. The number of aryl methyl sites for hydroxylation is 3. The van der Waals surface area contributed by atoms with Crippen LogP contribution in [-0.4, -0.2) is 17.3 Å². The van der Waals surface area contributed by atoms with E-state index in [2.05, 4.69) is 59.8 Å². The Bertz CT molecular complexity index is 1300. The van der Waals surface area contributed by atoms with E-state index in [4.69, 9.17) is 21.7 Å². The number of carbonyl (C=O) groups is 1. The van der Waals surface area contributed by atoms with Gasteiger partial charge in [-0.2, -0.15) is 0 Å². The summed E-state index contributed by atoms with van der Waals surface area (Å²) in [6.45, 7) is 6.53. The Morgan fingerprint density at radius 2 is 1.74 bits per heavy atom. The molecule has 0 spiro atoms. The van der Waals surface area contributed by atoms with Gasteiger partial charge in [0.2, 0.25) is 0 Å². The summed E-state index contributed by atoms with van der Waals surface area (Å²) < 4.78 is 13.1. The number of amides is 1. The molecule has 4 nitrogen and oxygen atoms in total. The third-order valence-electron chi connectivity index (χ3n) is 5.44. The molecule has 1 saturated heterocycles. The van der Waals surface area contributed by atoms with Gasteiger partial charge in [0, 0.05) is 0 Å². The van der Waals surface area contributed by atoms with Gasteiger partial charge in [-0.15, -0.1) is 0 Å². The Morgan fingerprint density at radius 1 is 1.03 bits per heavy atom. The lowest BCUT2D eigenvalue weighted by Gasteiger charge is -2.17. The number of anilines is 1. The smallest absolute Gasteiger partial charge is 0.270 e. The molecule has 0 unspecified atom stereocenters. The van der Waals surface area contributed by atoms with E-state index in [0.717, 1.165) is 31.5 Å². The standard InChI is InChI=1S/C27H24INO3S2/c1-16-5-8-19(9-6-16)15-32-25-21(28)12-20(13-23(25)31-4)14-24-26(30)29(27(33)34-24)22-10-7-17(2)11-18(22)3/h5-14H,15H2,1-4H3/b24-14+. The second-order valence-electron chi connectivity index (χ2n) is 8.12. The molecular formula is C27H24INO3S2. The van der Waals surface area contributed by atoms with Crippen LogP contribution < -0.4 is 14.4 Å². The van der Waals surface area contributed by atoms with Gasteiger partial charge < -0.3 is 9.47 Å². The number of ether oxygens (including phenoxy) is 2. The highest BCUT2D eigenvalue weighted by molar-refractivity contribution is 14.1. The van der Waals surface area contributed by atoms with E-state index in [0.29, 0.717) is 27.3 Å². The van der Waals surface area contributed by atoms with Crippen molar-refractivity contribution in [3.8, 4) is 11.5 Å². The summed E-state index contributed by atoms with van der Waals surface area (Å²) >= 11 is 9.10. The normalized spacial score (nSPS) is 14.7. The molecule has 0 radical (unpaired) electrons. The molecule has 1 aliphatic heterocycles. The molecule has 0 atom stereocenters. The zero-order chi connectivity index (χ0) is 24.4. The molecular weight excluding hydrogens is 577 g/mol. The maximum atomic E-state index is 13.2. The summed E-state index contributed by atoms with van der Waals surface area (Å²) in [4.78, 5) is 15.4. The van der Waals surface area contributed by atoms with Crippen molar-refractivity contribution >= 4 is 68.6 Å². The van der Waals surface area contributed by atoms with Crippen LogP contribution >= 0.6 is 46.6 Å². The first-order valence-corrected chi connectivity index (χ1v) is 13.0. The molecule has 1 amide bonds. The predicted molar refractivity (Wildman–Crippen MR) is 153 cm³/mol. The van der Waals surface area contributed by atoms with E-state index in [1.165, 1.54) is 17.3 Å². The minimum Gasteiger partial charge on any atom is -0.493 e. The van der Waals surface area contributed by atoms with Gasteiger partial charge in [-0.1, -0.05) is 71.5 Å². The van der Waals surface area contributed by atoms with Crippen LogP contribution in [-0.2, 0) is 11.4 Å². The number of thiocarbonyl (C=S) groups is 1. The Balaban J connectivity index is 1.59. The summed E-state index contributed by atoms with van der Waals surface area (Å²) in [6.07, 6.45) is 1.86. The van der Waals surface area contributed by atoms with E-state index in [-0.39, 0.29) is 5.91 Å². The SMILES string of the molecule is COc1cc(/C=C2/SC(=S)N(c3ccc(C)cc3C)C2=O)cc(I)c1OCc1ccc(C)cc1. The highest BCUT2D eigenvalue weighted by Crippen LogP contribution is 2.40. The molecule has 7 heteroatoms. The number of hydrogen-bond donors (Lipinski definition) is 0. The molecule has 174 valence electrons. The molecule has 1 fully saturated rings. The van der Waals surface area contributed by atoms with Crippen molar-refractivity contribution in [1.29, 1.82) is 0 Å². The van der Waals surface area contributed by atoms with Crippen LogP contribution in [0.25, 0.3) is 6.08 Å². The number of carbonyl (C=O) groups excluding carboxylic acids is 1. The first-order chi connectivity index (χ1) is 16.3. The van der Waals surface area contributed by atoms with Crippen molar-refractivity contribution in [3.63, 3.8) is 0 Å². The van der Waals surface area contributed by atoms with Crippen LogP contribution in [0, 0.1) is 24.3 Å². The average molecular weight is 602 g/mol. The number of methoxy groups -OCH3 is 1. The van der Waals surface area contributed by atoms with Crippen molar-refractivity contribution in [2.75, 3.05) is 12.0 Å². The molecule has 0 bridgehead atoms. The van der Waals surface area contributed by atoms with Gasteiger partial charge in [-0.25, -0.2) is 0 Å². The summed E-state index contributed by atoms with van der Waals surface area (Å²) in [7, 11) is 1.62. The first-order valence-electron chi connectivity index (χ1n) is 10.7. The van der Waals surface area contributed by atoms with Crippen LogP contribution in [0.15, 0.2) is 59.5 Å². The Hall–Kier alpha value is -2.36. The van der Waals surface area contributed by atoms with Gasteiger partial charge in [0.15, 0.2) is 15.8 Å². The summed E-state index contributed by atoms with van der Waals surface area (Å²) in [6, 6.07) is 18.1. The third-order valence-corrected chi connectivity index (χ3v) is 7.54. The van der Waals surface area contributed by atoms with Crippen LogP contribution in [0.4, 0.5) is 5.69 Å².